The lowest BCUT2D eigenvalue weighted by Gasteiger charge is -2.04. The number of pyridine rings is 1. The molecule has 0 fully saturated rings. The lowest BCUT2D eigenvalue weighted by atomic mass is 10.1. The summed E-state index contributed by atoms with van der Waals surface area (Å²) in [5.74, 6) is -0.619. The van der Waals surface area contributed by atoms with Crippen molar-refractivity contribution in [3.05, 3.63) is 60.0 Å². The van der Waals surface area contributed by atoms with E-state index >= 15 is 0 Å². The number of amides is 1. The summed E-state index contributed by atoms with van der Waals surface area (Å²) >= 11 is 0. The third-order valence-electron chi connectivity index (χ3n) is 2.67. The zero-order valence-electron chi connectivity index (χ0n) is 10.7. The zero-order valence-corrected chi connectivity index (χ0v) is 10.7. The van der Waals surface area contributed by atoms with Gasteiger partial charge in [-0.2, -0.15) is 0 Å². The van der Waals surface area contributed by atoms with Crippen molar-refractivity contribution >= 4 is 17.5 Å². The highest BCUT2D eigenvalue weighted by molar-refractivity contribution is 5.99. The smallest absolute Gasteiger partial charge is 0.225 e. The second-order valence-corrected chi connectivity index (χ2v) is 4.20. The van der Waals surface area contributed by atoms with Crippen LogP contribution in [-0.2, 0) is 4.79 Å². The lowest BCUT2D eigenvalue weighted by Crippen LogP contribution is -2.14. The van der Waals surface area contributed by atoms with Crippen LogP contribution in [0.25, 0.3) is 0 Å². The van der Waals surface area contributed by atoms with Gasteiger partial charge in [-0.25, -0.2) is 9.37 Å². The first-order chi connectivity index (χ1) is 9.65. The van der Waals surface area contributed by atoms with Gasteiger partial charge in [-0.05, 0) is 12.1 Å². The Kier molecular flexibility index (Phi) is 4.55. The van der Waals surface area contributed by atoms with Crippen LogP contribution in [-0.4, -0.2) is 16.7 Å². The van der Waals surface area contributed by atoms with Gasteiger partial charge in [-0.1, -0.05) is 30.3 Å². The van der Waals surface area contributed by atoms with E-state index in [2.05, 4.69) is 10.3 Å². The molecule has 1 amide bonds. The van der Waals surface area contributed by atoms with Crippen LogP contribution in [0.1, 0.15) is 23.2 Å². The maximum Gasteiger partial charge on any atom is 0.225 e. The first-order valence-electron chi connectivity index (χ1n) is 6.15. The minimum absolute atomic E-state index is 0.0623. The van der Waals surface area contributed by atoms with Gasteiger partial charge >= 0.3 is 0 Å². The van der Waals surface area contributed by atoms with Gasteiger partial charge in [-0.3, -0.25) is 9.59 Å². The highest BCUT2D eigenvalue weighted by atomic mass is 19.1. The van der Waals surface area contributed by atoms with E-state index in [0.29, 0.717) is 5.56 Å². The first-order valence-corrected chi connectivity index (χ1v) is 6.15. The summed E-state index contributed by atoms with van der Waals surface area (Å²) in [5, 5.41) is 2.51. The summed E-state index contributed by atoms with van der Waals surface area (Å²) in [6, 6.07) is 11.4. The Morgan fingerprint density at radius 1 is 1.05 bits per heavy atom. The second kappa shape index (κ2) is 6.56. The third kappa shape index (κ3) is 3.98. The molecule has 0 aliphatic heterocycles. The van der Waals surface area contributed by atoms with E-state index in [9.17, 15) is 14.0 Å². The number of rotatable bonds is 5. The Bertz CT molecular complexity index is 597. The maximum atomic E-state index is 12.6. The van der Waals surface area contributed by atoms with Crippen LogP contribution < -0.4 is 5.32 Å². The van der Waals surface area contributed by atoms with E-state index in [4.69, 9.17) is 0 Å². The van der Waals surface area contributed by atoms with Gasteiger partial charge in [0.25, 0.3) is 0 Å². The van der Waals surface area contributed by atoms with Gasteiger partial charge < -0.3 is 5.32 Å². The molecule has 2 aromatic rings. The van der Waals surface area contributed by atoms with Gasteiger partial charge in [0.2, 0.25) is 5.91 Å². The van der Waals surface area contributed by atoms with Crippen LogP contribution in [0.5, 0.6) is 0 Å². The number of hydrogen-bond donors (Lipinski definition) is 1. The summed E-state index contributed by atoms with van der Waals surface area (Å²) < 4.78 is 12.6. The molecule has 0 saturated carbocycles. The number of ketones is 1. The molecule has 0 atom stereocenters. The summed E-state index contributed by atoms with van der Waals surface area (Å²) in [7, 11) is 0. The van der Waals surface area contributed by atoms with Crippen LogP contribution >= 0.6 is 0 Å². The molecule has 0 spiro atoms. The third-order valence-corrected chi connectivity index (χ3v) is 2.67. The molecule has 1 aromatic heterocycles. The van der Waals surface area contributed by atoms with Gasteiger partial charge in [0.05, 0.1) is 6.20 Å². The van der Waals surface area contributed by atoms with Crippen LogP contribution in [0.15, 0.2) is 48.7 Å². The Morgan fingerprint density at radius 2 is 1.80 bits per heavy atom. The van der Waals surface area contributed by atoms with Crippen molar-refractivity contribution in [2.24, 2.45) is 0 Å². The van der Waals surface area contributed by atoms with Gasteiger partial charge in [0.1, 0.15) is 11.6 Å². The normalized spacial score (nSPS) is 10.1. The average Bonchev–Trinajstić information content (AvgIpc) is 2.48. The molecular formula is C15H13FN2O2. The fourth-order valence-corrected chi connectivity index (χ4v) is 1.65. The van der Waals surface area contributed by atoms with E-state index in [1.807, 2.05) is 6.07 Å². The van der Waals surface area contributed by atoms with Crippen LogP contribution in [0.2, 0.25) is 0 Å². The van der Waals surface area contributed by atoms with E-state index in [1.165, 1.54) is 12.1 Å². The molecule has 1 heterocycles. The molecule has 102 valence electrons. The fraction of sp³-hybridized carbons (Fsp3) is 0.133. The molecular weight excluding hydrogens is 259 g/mol. The lowest BCUT2D eigenvalue weighted by molar-refractivity contribution is -0.116. The average molecular weight is 272 g/mol. The second-order valence-electron chi connectivity index (χ2n) is 4.20. The van der Waals surface area contributed by atoms with E-state index < -0.39 is 5.82 Å². The number of Topliss-reactive ketones (excluding diaryl/α,β-unsaturated/α-hetero) is 1. The minimum Gasteiger partial charge on any atom is -0.311 e. The van der Waals surface area contributed by atoms with Crippen LogP contribution in [0.4, 0.5) is 10.2 Å². The number of nitrogens with zero attached hydrogens (tertiary/aromatic N) is 1. The van der Waals surface area contributed by atoms with Crippen LogP contribution in [0, 0.1) is 5.82 Å². The van der Waals surface area contributed by atoms with Crippen molar-refractivity contribution in [2.75, 3.05) is 5.32 Å². The van der Waals surface area contributed by atoms with Crippen molar-refractivity contribution in [1.29, 1.82) is 0 Å². The Labute approximate surface area is 115 Å². The van der Waals surface area contributed by atoms with Crippen molar-refractivity contribution in [2.45, 2.75) is 12.8 Å². The molecule has 5 heteroatoms. The van der Waals surface area contributed by atoms with E-state index in [1.54, 1.807) is 24.3 Å². The molecule has 20 heavy (non-hydrogen) atoms. The topological polar surface area (TPSA) is 59.1 Å². The quantitative estimate of drug-likeness (QED) is 0.851. The van der Waals surface area contributed by atoms with Crippen LogP contribution in [0.3, 0.4) is 0 Å². The molecule has 1 N–H and O–H groups in total. The molecule has 4 nitrogen and oxygen atoms in total. The number of nitrogens with one attached hydrogen (secondary N) is 1. The molecule has 0 saturated heterocycles. The summed E-state index contributed by atoms with van der Waals surface area (Å²) in [6.45, 7) is 0. The molecule has 1 aromatic carbocycles. The molecule has 0 aliphatic rings. The highest BCUT2D eigenvalue weighted by Gasteiger charge is 2.09. The fourth-order valence-electron chi connectivity index (χ4n) is 1.65. The molecule has 0 bridgehead atoms. The molecule has 0 radical (unpaired) electrons. The summed E-state index contributed by atoms with van der Waals surface area (Å²) in [6.07, 6.45) is 1.20. The predicted molar refractivity (Wildman–Crippen MR) is 72.8 cm³/mol. The van der Waals surface area contributed by atoms with E-state index in [-0.39, 0.29) is 30.3 Å². The highest BCUT2D eigenvalue weighted by Crippen LogP contribution is 2.07. The predicted octanol–water partition coefficient (Wildman–Crippen LogP) is 2.82. The van der Waals surface area contributed by atoms with Crippen molar-refractivity contribution in [1.82, 2.24) is 4.98 Å². The number of carbonyl (C=O) groups excluding carboxylic acids is 2. The molecule has 0 aliphatic carbocycles. The van der Waals surface area contributed by atoms with Crippen molar-refractivity contribution < 1.29 is 14.0 Å². The monoisotopic (exact) mass is 272 g/mol. The van der Waals surface area contributed by atoms with Crippen molar-refractivity contribution in [3.63, 3.8) is 0 Å². The number of benzene rings is 1. The number of halogens is 1. The summed E-state index contributed by atoms with van der Waals surface area (Å²) in [4.78, 5) is 27.1. The zero-order chi connectivity index (χ0) is 14.4. The standard InChI is InChI=1S/C15H13FN2O2/c16-12-6-8-14(17-10-12)18-15(20)9-7-13(19)11-4-2-1-3-5-11/h1-6,8,10H,7,9H2,(H,17,18,20). The first kappa shape index (κ1) is 13.9. The Morgan fingerprint density at radius 3 is 2.45 bits per heavy atom. The summed E-state index contributed by atoms with van der Waals surface area (Å²) in [5.41, 5.74) is 0.584. The number of carbonyl (C=O) groups is 2. The molecule has 2 rings (SSSR count). The number of hydrogen-bond acceptors (Lipinski definition) is 3. The maximum absolute atomic E-state index is 12.6. The number of anilines is 1. The number of aromatic nitrogens is 1. The Hall–Kier alpha value is -2.56. The van der Waals surface area contributed by atoms with Gasteiger partial charge in [0, 0.05) is 18.4 Å². The van der Waals surface area contributed by atoms with Gasteiger partial charge in [-0.15, -0.1) is 0 Å². The largest absolute Gasteiger partial charge is 0.311 e. The molecule has 0 unspecified atom stereocenters. The van der Waals surface area contributed by atoms with Crippen molar-refractivity contribution in [3.8, 4) is 0 Å². The van der Waals surface area contributed by atoms with E-state index in [0.717, 1.165) is 6.20 Å². The van der Waals surface area contributed by atoms with Gasteiger partial charge in [0.15, 0.2) is 5.78 Å². The SMILES string of the molecule is O=C(CCC(=O)c1ccccc1)Nc1ccc(F)cn1. The minimum atomic E-state index is -0.470. The Balaban J connectivity index is 1.83.